The highest BCUT2D eigenvalue weighted by atomic mass is 16.3. The van der Waals surface area contributed by atoms with Crippen LogP contribution in [0.3, 0.4) is 0 Å². The standard InChI is InChI=1S/C17H22N2O2/c1-3-17(4-2,11-5-7-15(20)13(18)9-11)12-6-8-16(21)14(19)10-12/h5-10,20-21H,3-4,18-19H2,1-2H3. The highest BCUT2D eigenvalue weighted by Gasteiger charge is 2.31. The van der Waals surface area contributed by atoms with Gasteiger partial charge >= 0.3 is 0 Å². The van der Waals surface area contributed by atoms with Crippen molar-refractivity contribution in [1.29, 1.82) is 0 Å². The van der Waals surface area contributed by atoms with E-state index in [2.05, 4.69) is 13.8 Å². The van der Waals surface area contributed by atoms with Gasteiger partial charge in [-0.25, -0.2) is 0 Å². The summed E-state index contributed by atoms with van der Waals surface area (Å²) in [5.74, 6) is 0.176. The molecule has 0 fully saturated rings. The van der Waals surface area contributed by atoms with Gasteiger partial charge in [0.1, 0.15) is 11.5 Å². The molecule has 0 spiro atoms. The third-order valence-electron chi connectivity index (χ3n) is 4.37. The number of benzene rings is 2. The number of phenols is 2. The van der Waals surface area contributed by atoms with Crippen LogP contribution in [-0.2, 0) is 5.41 Å². The van der Waals surface area contributed by atoms with Gasteiger partial charge in [0.15, 0.2) is 0 Å². The Morgan fingerprint density at radius 2 is 1.19 bits per heavy atom. The summed E-state index contributed by atoms with van der Waals surface area (Å²) >= 11 is 0. The maximum Gasteiger partial charge on any atom is 0.138 e. The zero-order valence-corrected chi connectivity index (χ0v) is 12.4. The largest absolute Gasteiger partial charge is 0.506 e. The van der Waals surface area contributed by atoms with E-state index in [9.17, 15) is 10.2 Å². The molecule has 0 heterocycles. The van der Waals surface area contributed by atoms with E-state index in [0.717, 1.165) is 24.0 Å². The Labute approximate surface area is 125 Å². The Morgan fingerprint density at radius 1 is 0.810 bits per heavy atom. The van der Waals surface area contributed by atoms with Crippen LogP contribution in [0.2, 0.25) is 0 Å². The van der Waals surface area contributed by atoms with Gasteiger partial charge in [-0.2, -0.15) is 0 Å². The van der Waals surface area contributed by atoms with Gasteiger partial charge in [-0.1, -0.05) is 26.0 Å². The Morgan fingerprint density at radius 3 is 1.48 bits per heavy atom. The van der Waals surface area contributed by atoms with Crippen molar-refractivity contribution in [2.45, 2.75) is 32.1 Å². The summed E-state index contributed by atoms with van der Waals surface area (Å²) in [5, 5.41) is 19.3. The van der Waals surface area contributed by atoms with Gasteiger partial charge < -0.3 is 21.7 Å². The van der Waals surface area contributed by atoms with Gasteiger partial charge in [0, 0.05) is 5.41 Å². The minimum Gasteiger partial charge on any atom is -0.506 e. The number of hydrogen-bond acceptors (Lipinski definition) is 4. The number of anilines is 2. The number of hydrogen-bond donors (Lipinski definition) is 4. The SMILES string of the molecule is CCC(CC)(c1ccc(O)c(N)c1)c1ccc(O)c(N)c1. The Balaban J connectivity index is 2.63. The fourth-order valence-corrected chi connectivity index (χ4v) is 2.94. The molecule has 0 saturated heterocycles. The minimum atomic E-state index is -0.246. The molecule has 112 valence electrons. The normalized spacial score (nSPS) is 11.5. The molecule has 0 aliphatic rings. The molecule has 4 nitrogen and oxygen atoms in total. The maximum atomic E-state index is 9.63. The van der Waals surface area contributed by atoms with Crippen LogP contribution >= 0.6 is 0 Å². The molecule has 2 aromatic rings. The number of nitrogen functional groups attached to an aromatic ring is 2. The number of phenolic OH excluding ortho intramolecular Hbond substituents is 2. The van der Waals surface area contributed by atoms with Crippen LogP contribution in [0, 0.1) is 0 Å². The maximum absolute atomic E-state index is 9.63. The van der Waals surface area contributed by atoms with Gasteiger partial charge in [0.05, 0.1) is 11.4 Å². The summed E-state index contributed by atoms with van der Waals surface area (Å²) < 4.78 is 0. The summed E-state index contributed by atoms with van der Waals surface area (Å²) in [7, 11) is 0. The smallest absolute Gasteiger partial charge is 0.138 e. The Kier molecular flexibility index (Phi) is 3.98. The van der Waals surface area contributed by atoms with Crippen molar-refractivity contribution in [3.63, 3.8) is 0 Å². The highest BCUT2D eigenvalue weighted by molar-refractivity contribution is 5.59. The fraction of sp³-hybridized carbons (Fsp3) is 0.294. The predicted molar refractivity (Wildman–Crippen MR) is 86.4 cm³/mol. The van der Waals surface area contributed by atoms with Gasteiger partial charge in [-0.05, 0) is 48.2 Å². The zero-order valence-electron chi connectivity index (χ0n) is 12.4. The first-order valence-electron chi connectivity index (χ1n) is 7.12. The molecule has 0 bridgehead atoms. The predicted octanol–water partition coefficient (Wildman–Crippen LogP) is 3.37. The first-order valence-corrected chi connectivity index (χ1v) is 7.12. The van der Waals surface area contributed by atoms with Gasteiger partial charge in [-0.15, -0.1) is 0 Å². The van der Waals surface area contributed by atoms with Crippen LogP contribution in [0.15, 0.2) is 36.4 Å². The van der Waals surface area contributed by atoms with Crippen molar-refractivity contribution in [2.24, 2.45) is 0 Å². The molecule has 0 aliphatic carbocycles. The van der Waals surface area contributed by atoms with E-state index in [1.807, 2.05) is 24.3 Å². The third-order valence-corrected chi connectivity index (χ3v) is 4.37. The molecule has 6 N–H and O–H groups in total. The van der Waals surface area contributed by atoms with Crippen LogP contribution < -0.4 is 11.5 Å². The third kappa shape index (κ3) is 2.49. The zero-order chi connectivity index (χ0) is 15.6. The molecule has 0 amide bonds. The molecule has 0 aromatic heterocycles. The van der Waals surface area contributed by atoms with E-state index in [-0.39, 0.29) is 16.9 Å². The summed E-state index contributed by atoms with van der Waals surface area (Å²) in [6.07, 6.45) is 1.72. The molecular weight excluding hydrogens is 264 g/mol. The van der Waals surface area contributed by atoms with Crippen molar-refractivity contribution in [3.8, 4) is 11.5 Å². The number of rotatable bonds is 4. The molecule has 0 radical (unpaired) electrons. The summed E-state index contributed by atoms with van der Waals surface area (Å²) in [6, 6.07) is 10.6. The van der Waals surface area contributed by atoms with Crippen molar-refractivity contribution in [3.05, 3.63) is 47.5 Å². The van der Waals surface area contributed by atoms with Gasteiger partial charge in [0.2, 0.25) is 0 Å². The Hall–Kier alpha value is -2.36. The van der Waals surface area contributed by atoms with Gasteiger partial charge in [-0.3, -0.25) is 0 Å². The van der Waals surface area contributed by atoms with Crippen molar-refractivity contribution in [1.82, 2.24) is 0 Å². The van der Waals surface area contributed by atoms with E-state index in [1.54, 1.807) is 12.1 Å². The molecule has 0 aliphatic heterocycles. The van der Waals surface area contributed by atoms with E-state index in [0.29, 0.717) is 11.4 Å². The van der Waals surface area contributed by atoms with Crippen LogP contribution in [0.25, 0.3) is 0 Å². The molecule has 0 unspecified atom stereocenters. The van der Waals surface area contributed by atoms with Crippen LogP contribution in [-0.4, -0.2) is 10.2 Å². The van der Waals surface area contributed by atoms with Crippen molar-refractivity contribution < 1.29 is 10.2 Å². The monoisotopic (exact) mass is 286 g/mol. The first kappa shape index (κ1) is 15.0. The molecule has 0 saturated carbocycles. The second-order valence-electron chi connectivity index (χ2n) is 5.34. The summed E-state index contributed by atoms with van der Waals surface area (Å²) in [4.78, 5) is 0. The van der Waals surface area contributed by atoms with E-state index in [4.69, 9.17) is 11.5 Å². The first-order chi connectivity index (χ1) is 9.94. The Bertz CT molecular complexity index is 596. The lowest BCUT2D eigenvalue weighted by Crippen LogP contribution is -2.26. The van der Waals surface area contributed by atoms with Gasteiger partial charge in [0.25, 0.3) is 0 Å². The molecule has 4 heteroatoms. The van der Waals surface area contributed by atoms with E-state index in [1.165, 1.54) is 0 Å². The average molecular weight is 286 g/mol. The molecule has 21 heavy (non-hydrogen) atoms. The lowest BCUT2D eigenvalue weighted by atomic mass is 9.70. The summed E-state index contributed by atoms with van der Waals surface area (Å²) in [6.45, 7) is 4.21. The molecule has 2 rings (SSSR count). The van der Waals surface area contributed by atoms with Crippen molar-refractivity contribution in [2.75, 3.05) is 11.5 Å². The quantitative estimate of drug-likeness (QED) is 0.512. The van der Waals surface area contributed by atoms with Crippen LogP contribution in [0.5, 0.6) is 11.5 Å². The highest BCUT2D eigenvalue weighted by Crippen LogP contribution is 2.42. The second kappa shape index (κ2) is 5.56. The average Bonchev–Trinajstić information content (AvgIpc) is 2.48. The van der Waals surface area contributed by atoms with E-state index >= 15 is 0 Å². The second-order valence-corrected chi connectivity index (χ2v) is 5.34. The van der Waals surface area contributed by atoms with Crippen LogP contribution in [0.1, 0.15) is 37.8 Å². The lowest BCUT2D eigenvalue weighted by Gasteiger charge is -2.33. The molecule has 0 atom stereocenters. The topological polar surface area (TPSA) is 92.5 Å². The molecular formula is C17H22N2O2. The number of nitrogens with two attached hydrogens (primary N) is 2. The lowest BCUT2D eigenvalue weighted by molar-refractivity contribution is 0.463. The van der Waals surface area contributed by atoms with Crippen molar-refractivity contribution >= 4 is 11.4 Å². The fourth-order valence-electron chi connectivity index (χ4n) is 2.94. The minimum absolute atomic E-state index is 0.0880. The van der Waals surface area contributed by atoms with Crippen LogP contribution in [0.4, 0.5) is 11.4 Å². The number of aromatic hydroxyl groups is 2. The van der Waals surface area contributed by atoms with E-state index < -0.39 is 0 Å². The summed E-state index contributed by atoms with van der Waals surface area (Å²) in [5.41, 5.74) is 14.2. The molecule has 2 aromatic carbocycles.